The van der Waals surface area contributed by atoms with E-state index in [2.05, 4.69) is 0 Å². The highest BCUT2D eigenvalue weighted by atomic mass is 32.2. The van der Waals surface area contributed by atoms with Crippen LogP contribution >= 0.6 is 11.3 Å². The van der Waals surface area contributed by atoms with Crippen molar-refractivity contribution in [3.63, 3.8) is 0 Å². The molecular formula is C19H24N2O3S2. The highest BCUT2D eigenvalue weighted by molar-refractivity contribution is 7.91. The van der Waals surface area contributed by atoms with Gasteiger partial charge in [-0.3, -0.25) is 9.69 Å². The van der Waals surface area contributed by atoms with Gasteiger partial charge in [0.1, 0.15) is 4.21 Å². The Hall–Kier alpha value is -1.54. The molecule has 1 aromatic heterocycles. The number of hydrogen-bond donors (Lipinski definition) is 0. The zero-order valence-electron chi connectivity index (χ0n) is 15.1. The summed E-state index contributed by atoms with van der Waals surface area (Å²) >= 11 is 1.35. The standard InChI is InChI=1S/C19H24N2O3S2/c1-3-17-8-9-19(25-17)26(23,24)21-12-10-20(11-13-21)14-18(22)16-6-4-15(2)5-7-16/h4-9H,3,10-14H2,1-2H3. The highest BCUT2D eigenvalue weighted by Crippen LogP contribution is 2.26. The average molecular weight is 393 g/mol. The molecule has 3 rings (SSSR count). The molecule has 140 valence electrons. The smallest absolute Gasteiger partial charge is 0.252 e. The minimum Gasteiger partial charge on any atom is -0.293 e. The Morgan fingerprint density at radius 2 is 1.69 bits per heavy atom. The van der Waals surface area contributed by atoms with E-state index in [1.165, 1.54) is 15.6 Å². The Morgan fingerprint density at radius 3 is 2.27 bits per heavy atom. The number of ketones is 1. The maximum atomic E-state index is 12.7. The number of aryl methyl sites for hydroxylation is 2. The molecule has 0 amide bonds. The van der Waals surface area contributed by atoms with Gasteiger partial charge in [0.25, 0.3) is 10.0 Å². The van der Waals surface area contributed by atoms with Crippen molar-refractivity contribution in [2.24, 2.45) is 0 Å². The van der Waals surface area contributed by atoms with Crippen LogP contribution in [0.3, 0.4) is 0 Å². The second kappa shape index (κ2) is 8.00. The van der Waals surface area contributed by atoms with Crippen LogP contribution in [-0.2, 0) is 16.4 Å². The van der Waals surface area contributed by atoms with Gasteiger partial charge in [-0.15, -0.1) is 11.3 Å². The molecular weight excluding hydrogens is 368 g/mol. The molecule has 0 unspecified atom stereocenters. The molecule has 7 heteroatoms. The van der Waals surface area contributed by atoms with Crippen molar-refractivity contribution in [1.29, 1.82) is 0 Å². The number of nitrogens with zero attached hydrogens (tertiary/aromatic N) is 2. The lowest BCUT2D eigenvalue weighted by Crippen LogP contribution is -2.49. The molecule has 0 radical (unpaired) electrons. The fourth-order valence-corrected chi connectivity index (χ4v) is 5.85. The van der Waals surface area contributed by atoms with Crippen molar-refractivity contribution < 1.29 is 13.2 Å². The van der Waals surface area contributed by atoms with E-state index in [4.69, 9.17) is 0 Å². The average Bonchev–Trinajstić information content (AvgIpc) is 3.13. The molecule has 1 saturated heterocycles. The van der Waals surface area contributed by atoms with E-state index in [1.807, 2.05) is 49.1 Å². The predicted molar refractivity (Wildman–Crippen MR) is 104 cm³/mol. The molecule has 0 spiro atoms. The summed E-state index contributed by atoms with van der Waals surface area (Å²) in [4.78, 5) is 15.5. The minimum atomic E-state index is -3.42. The first kappa shape index (κ1) is 19.2. The number of piperazine rings is 1. The Kier molecular flexibility index (Phi) is 5.92. The number of hydrogen-bond acceptors (Lipinski definition) is 5. The van der Waals surface area contributed by atoms with Crippen LogP contribution in [0.15, 0.2) is 40.6 Å². The third-order valence-corrected chi connectivity index (χ3v) is 8.25. The van der Waals surface area contributed by atoms with Gasteiger partial charge in [-0.05, 0) is 25.5 Å². The van der Waals surface area contributed by atoms with Gasteiger partial charge >= 0.3 is 0 Å². The van der Waals surface area contributed by atoms with Crippen LogP contribution in [0.4, 0.5) is 0 Å². The van der Waals surface area contributed by atoms with E-state index < -0.39 is 10.0 Å². The van der Waals surface area contributed by atoms with Crippen molar-refractivity contribution in [3.05, 3.63) is 52.4 Å². The Bertz CT molecular complexity index is 864. The van der Waals surface area contributed by atoms with E-state index in [9.17, 15) is 13.2 Å². The van der Waals surface area contributed by atoms with Crippen molar-refractivity contribution >= 4 is 27.1 Å². The Labute approximate surface area is 159 Å². The van der Waals surface area contributed by atoms with Crippen molar-refractivity contribution in [2.45, 2.75) is 24.5 Å². The van der Waals surface area contributed by atoms with Crippen LogP contribution in [0.25, 0.3) is 0 Å². The van der Waals surface area contributed by atoms with Gasteiger partial charge in [0.2, 0.25) is 0 Å². The molecule has 1 fully saturated rings. The van der Waals surface area contributed by atoms with Crippen LogP contribution in [0.2, 0.25) is 0 Å². The van der Waals surface area contributed by atoms with Crippen LogP contribution in [-0.4, -0.2) is 56.1 Å². The molecule has 1 aliphatic rings. The van der Waals surface area contributed by atoms with Gasteiger partial charge < -0.3 is 0 Å². The van der Waals surface area contributed by atoms with Crippen molar-refractivity contribution in [1.82, 2.24) is 9.21 Å². The third-order valence-electron chi connectivity index (χ3n) is 4.65. The maximum Gasteiger partial charge on any atom is 0.252 e. The summed E-state index contributed by atoms with van der Waals surface area (Å²) in [6.07, 6.45) is 0.842. The van der Waals surface area contributed by atoms with Gasteiger partial charge in [-0.25, -0.2) is 8.42 Å². The fraction of sp³-hybridized carbons (Fsp3) is 0.421. The van der Waals surface area contributed by atoms with Gasteiger partial charge in [0.15, 0.2) is 5.78 Å². The molecule has 5 nitrogen and oxygen atoms in total. The summed E-state index contributed by atoms with van der Waals surface area (Å²) in [7, 11) is -3.42. The van der Waals surface area contributed by atoms with Crippen LogP contribution in [0.1, 0.15) is 27.7 Å². The van der Waals surface area contributed by atoms with E-state index in [0.29, 0.717) is 42.5 Å². The summed E-state index contributed by atoms with van der Waals surface area (Å²) in [6.45, 7) is 6.32. The third kappa shape index (κ3) is 4.23. The zero-order chi connectivity index (χ0) is 18.7. The minimum absolute atomic E-state index is 0.0761. The molecule has 26 heavy (non-hydrogen) atoms. The molecule has 0 bridgehead atoms. The molecule has 1 aromatic carbocycles. The number of carbonyl (C=O) groups is 1. The lowest BCUT2D eigenvalue weighted by Gasteiger charge is -2.33. The first-order chi connectivity index (χ1) is 12.4. The van der Waals surface area contributed by atoms with Crippen LogP contribution < -0.4 is 0 Å². The first-order valence-corrected chi connectivity index (χ1v) is 11.1. The van der Waals surface area contributed by atoms with Gasteiger partial charge in [0, 0.05) is 36.6 Å². The van der Waals surface area contributed by atoms with Gasteiger partial charge in [-0.2, -0.15) is 4.31 Å². The van der Waals surface area contributed by atoms with E-state index >= 15 is 0 Å². The summed E-state index contributed by atoms with van der Waals surface area (Å²) in [5.74, 6) is 0.0761. The summed E-state index contributed by atoms with van der Waals surface area (Å²) in [6, 6.07) is 11.1. The SMILES string of the molecule is CCc1ccc(S(=O)(=O)N2CCN(CC(=O)c3ccc(C)cc3)CC2)s1. The number of sulfonamides is 1. The molecule has 0 N–H and O–H groups in total. The normalized spacial score (nSPS) is 16.7. The summed E-state index contributed by atoms with van der Waals surface area (Å²) in [5, 5.41) is 0. The predicted octanol–water partition coefficient (Wildman–Crippen LogP) is 2.81. The van der Waals surface area contributed by atoms with E-state index in [1.54, 1.807) is 6.07 Å². The summed E-state index contributed by atoms with van der Waals surface area (Å²) in [5.41, 5.74) is 1.83. The largest absolute Gasteiger partial charge is 0.293 e. The summed E-state index contributed by atoms with van der Waals surface area (Å²) < 4.78 is 27.4. The molecule has 2 heterocycles. The van der Waals surface area contributed by atoms with Crippen molar-refractivity contribution in [3.8, 4) is 0 Å². The number of Topliss-reactive ketones (excluding diaryl/α,β-unsaturated/α-hetero) is 1. The molecule has 0 aliphatic carbocycles. The Morgan fingerprint density at radius 1 is 1.04 bits per heavy atom. The topological polar surface area (TPSA) is 57.7 Å². The first-order valence-electron chi connectivity index (χ1n) is 8.81. The number of benzene rings is 1. The molecule has 0 saturated carbocycles. The van der Waals surface area contributed by atoms with Gasteiger partial charge in [0.05, 0.1) is 6.54 Å². The zero-order valence-corrected chi connectivity index (χ0v) is 16.8. The lowest BCUT2D eigenvalue weighted by molar-refractivity contribution is 0.0902. The van der Waals surface area contributed by atoms with Crippen molar-refractivity contribution in [2.75, 3.05) is 32.7 Å². The molecule has 2 aromatic rings. The van der Waals surface area contributed by atoms with Crippen LogP contribution in [0, 0.1) is 6.92 Å². The van der Waals surface area contributed by atoms with Crippen LogP contribution in [0.5, 0.6) is 0 Å². The lowest BCUT2D eigenvalue weighted by atomic mass is 10.1. The van der Waals surface area contributed by atoms with E-state index in [-0.39, 0.29) is 5.78 Å². The van der Waals surface area contributed by atoms with E-state index in [0.717, 1.165) is 16.9 Å². The number of rotatable bonds is 6. The maximum absolute atomic E-state index is 12.7. The van der Waals surface area contributed by atoms with Gasteiger partial charge in [-0.1, -0.05) is 36.8 Å². The number of thiophene rings is 1. The monoisotopic (exact) mass is 392 g/mol. The quantitative estimate of drug-likeness (QED) is 0.710. The molecule has 1 aliphatic heterocycles. The second-order valence-corrected chi connectivity index (χ2v) is 9.88. The highest BCUT2D eigenvalue weighted by Gasteiger charge is 2.30. The fourth-order valence-electron chi connectivity index (χ4n) is 2.98. The molecule has 0 atom stereocenters. The second-order valence-electron chi connectivity index (χ2n) is 6.54. The number of carbonyl (C=O) groups excluding carboxylic acids is 1. The Balaban J connectivity index is 1.58.